The summed E-state index contributed by atoms with van der Waals surface area (Å²) in [6.45, 7) is -1.39. The molecule has 2 aromatic rings. The molecule has 7 nitrogen and oxygen atoms in total. The Labute approximate surface area is 160 Å². The van der Waals surface area contributed by atoms with Crippen LogP contribution in [-0.4, -0.2) is 39.6 Å². The number of carbonyl (C=O) groups is 1. The number of amides is 1. The van der Waals surface area contributed by atoms with Gasteiger partial charge in [0.2, 0.25) is 0 Å². The van der Waals surface area contributed by atoms with Crippen LogP contribution < -0.4 is 19.5 Å². The molecule has 2 aromatic carbocycles. The smallest absolute Gasteiger partial charge is 0.387 e. The molecule has 150 valence electrons. The second-order valence-electron chi connectivity index (χ2n) is 5.55. The van der Waals surface area contributed by atoms with Crippen molar-refractivity contribution in [1.82, 2.24) is 0 Å². The zero-order valence-corrected chi connectivity index (χ0v) is 15.6. The van der Waals surface area contributed by atoms with E-state index in [0.29, 0.717) is 17.0 Å². The van der Waals surface area contributed by atoms with Crippen LogP contribution in [0.1, 0.15) is 11.1 Å². The van der Waals surface area contributed by atoms with Crippen LogP contribution in [0.3, 0.4) is 0 Å². The number of hydrogen-bond donors (Lipinski definition) is 1. The Hall–Kier alpha value is -3.36. The van der Waals surface area contributed by atoms with E-state index in [4.69, 9.17) is 14.3 Å². The van der Waals surface area contributed by atoms with Crippen LogP contribution in [0.25, 0.3) is 0 Å². The fourth-order valence-electron chi connectivity index (χ4n) is 2.26. The highest BCUT2D eigenvalue weighted by atomic mass is 19.3. The third-order valence-corrected chi connectivity index (χ3v) is 3.50. The first-order chi connectivity index (χ1) is 13.4. The lowest BCUT2D eigenvalue weighted by Gasteiger charge is -2.10. The van der Waals surface area contributed by atoms with E-state index in [1.165, 1.54) is 38.6 Å². The quantitative estimate of drug-likeness (QED) is 0.519. The molecule has 0 aliphatic heterocycles. The minimum absolute atomic E-state index is 0.0953. The van der Waals surface area contributed by atoms with Gasteiger partial charge in [0, 0.05) is 5.56 Å². The summed E-state index contributed by atoms with van der Waals surface area (Å²) in [7, 11) is 2.84. The van der Waals surface area contributed by atoms with E-state index < -0.39 is 12.5 Å². The zero-order chi connectivity index (χ0) is 20.5. The minimum atomic E-state index is -2.96. The largest absolute Gasteiger partial charge is 0.495 e. The van der Waals surface area contributed by atoms with Crippen molar-refractivity contribution < 1.29 is 32.6 Å². The fraction of sp³-hybridized carbons (Fsp3) is 0.263. The number of methoxy groups -OCH3 is 2. The summed E-state index contributed by atoms with van der Waals surface area (Å²) < 4.78 is 39.1. The topological polar surface area (TPSA) is 78.4 Å². The molecule has 0 aromatic heterocycles. The first-order valence-electron chi connectivity index (χ1n) is 8.15. The van der Waals surface area contributed by atoms with Crippen LogP contribution in [0, 0.1) is 6.92 Å². The SMILES string of the molecule is COc1ccc(C)cc1NC(=O)CO/N=C/c1ccc(OC(F)F)c(OC)c1. The van der Waals surface area contributed by atoms with E-state index in [9.17, 15) is 13.6 Å². The third-order valence-electron chi connectivity index (χ3n) is 3.50. The van der Waals surface area contributed by atoms with Crippen molar-refractivity contribution in [1.29, 1.82) is 0 Å². The van der Waals surface area contributed by atoms with E-state index in [-0.39, 0.29) is 18.1 Å². The number of alkyl halides is 2. The van der Waals surface area contributed by atoms with Crippen molar-refractivity contribution in [3.8, 4) is 17.2 Å². The van der Waals surface area contributed by atoms with Gasteiger partial charge in [-0.15, -0.1) is 0 Å². The molecule has 0 radical (unpaired) electrons. The van der Waals surface area contributed by atoms with Gasteiger partial charge in [0.05, 0.1) is 26.1 Å². The van der Waals surface area contributed by atoms with Gasteiger partial charge in [0.25, 0.3) is 5.91 Å². The van der Waals surface area contributed by atoms with Gasteiger partial charge in [-0.1, -0.05) is 11.2 Å². The Bertz CT molecular complexity index is 843. The fourth-order valence-corrected chi connectivity index (χ4v) is 2.26. The lowest BCUT2D eigenvalue weighted by Crippen LogP contribution is -2.17. The zero-order valence-electron chi connectivity index (χ0n) is 15.6. The van der Waals surface area contributed by atoms with Crippen LogP contribution in [0.15, 0.2) is 41.6 Å². The first-order valence-corrected chi connectivity index (χ1v) is 8.15. The maximum atomic E-state index is 12.3. The van der Waals surface area contributed by atoms with Crippen LogP contribution in [0.4, 0.5) is 14.5 Å². The standard InChI is InChI=1S/C19H20F2N2O5/c1-12-4-6-15(25-2)14(8-12)23-18(24)11-27-22-10-13-5-7-16(28-19(20)21)17(9-13)26-3/h4-10,19H,11H2,1-3H3,(H,23,24)/b22-10+. The van der Waals surface area contributed by atoms with Crippen molar-refractivity contribution in [2.45, 2.75) is 13.5 Å². The van der Waals surface area contributed by atoms with Gasteiger partial charge < -0.3 is 24.4 Å². The maximum Gasteiger partial charge on any atom is 0.387 e. The van der Waals surface area contributed by atoms with Crippen LogP contribution in [-0.2, 0) is 9.63 Å². The van der Waals surface area contributed by atoms with Gasteiger partial charge in [-0.2, -0.15) is 8.78 Å². The molecule has 2 rings (SSSR count). The lowest BCUT2D eigenvalue weighted by atomic mass is 10.2. The average Bonchev–Trinajstić information content (AvgIpc) is 2.66. The average molecular weight is 394 g/mol. The summed E-state index contributed by atoms with van der Waals surface area (Å²) in [6.07, 6.45) is 1.31. The molecule has 0 fully saturated rings. The van der Waals surface area contributed by atoms with Crippen LogP contribution in [0.2, 0.25) is 0 Å². The predicted octanol–water partition coefficient (Wildman–Crippen LogP) is 3.60. The minimum Gasteiger partial charge on any atom is -0.495 e. The summed E-state index contributed by atoms with van der Waals surface area (Å²) in [4.78, 5) is 16.9. The number of oxime groups is 1. The number of anilines is 1. The van der Waals surface area contributed by atoms with E-state index in [0.717, 1.165) is 5.56 Å². The first kappa shape index (κ1) is 20.9. The number of halogens is 2. The van der Waals surface area contributed by atoms with Crippen LogP contribution >= 0.6 is 0 Å². The molecule has 0 bridgehead atoms. The summed E-state index contributed by atoms with van der Waals surface area (Å²) in [6, 6.07) is 9.64. The number of rotatable bonds is 9. The molecular weight excluding hydrogens is 374 g/mol. The Morgan fingerprint density at radius 2 is 1.82 bits per heavy atom. The Kier molecular flexibility index (Phi) is 7.55. The van der Waals surface area contributed by atoms with Gasteiger partial charge >= 0.3 is 6.61 Å². The molecule has 1 N–H and O–H groups in total. The predicted molar refractivity (Wildman–Crippen MR) is 99.5 cm³/mol. The summed E-state index contributed by atoms with van der Waals surface area (Å²) in [5, 5.41) is 6.36. The molecule has 0 atom stereocenters. The van der Waals surface area contributed by atoms with Gasteiger partial charge in [0.1, 0.15) is 5.75 Å². The molecule has 28 heavy (non-hydrogen) atoms. The van der Waals surface area contributed by atoms with Gasteiger partial charge in [-0.05, 0) is 42.8 Å². The number of hydrogen-bond acceptors (Lipinski definition) is 6. The van der Waals surface area contributed by atoms with Crippen molar-refractivity contribution in [2.75, 3.05) is 26.1 Å². The molecular formula is C19H20F2N2O5. The van der Waals surface area contributed by atoms with E-state index in [2.05, 4.69) is 15.2 Å². The molecule has 1 amide bonds. The highest BCUT2D eigenvalue weighted by Crippen LogP contribution is 2.29. The molecule has 0 heterocycles. The van der Waals surface area contributed by atoms with Crippen molar-refractivity contribution in [3.05, 3.63) is 47.5 Å². The Morgan fingerprint density at radius 1 is 1.11 bits per heavy atom. The van der Waals surface area contributed by atoms with Crippen molar-refractivity contribution in [2.24, 2.45) is 5.16 Å². The second kappa shape index (κ2) is 10.1. The van der Waals surface area contributed by atoms with Gasteiger partial charge in [0.15, 0.2) is 18.1 Å². The number of carbonyl (C=O) groups excluding carboxylic acids is 1. The van der Waals surface area contributed by atoms with Gasteiger partial charge in [-0.3, -0.25) is 4.79 Å². The van der Waals surface area contributed by atoms with Crippen LogP contribution in [0.5, 0.6) is 17.2 Å². The summed E-state index contributed by atoms with van der Waals surface area (Å²) in [5.74, 6) is 0.135. The molecule has 0 saturated carbocycles. The molecule has 9 heteroatoms. The maximum absolute atomic E-state index is 12.3. The second-order valence-corrected chi connectivity index (χ2v) is 5.55. The Balaban J connectivity index is 1.91. The Morgan fingerprint density at radius 3 is 2.50 bits per heavy atom. The molecule has 0 aliphatic rings. The lowest BCUT2D eigenvalue weighted by molar-refractivity contribution is -0.120. The number of benzene rings is 2. The van der Waals surface area contributed by atoms with Gasteiger partial charge in [-0.25, -0.2) is 0 Å². The van der Waals surface area contributed by atoms with Crippen molar-refractivity contribution >= 4 is 17.8 Å². The summed E-state index contributed by atoms with van der Waals surface area (Å²) >= 11 is 0. The number of ether oxygens (including phenoxy) is 3. The monoisotopic (exact) mass is 394 g/mol. The van der Waals surface area contributed by atoms with E-state index in [1.807, 2.05) is 13.0 Å². The third kappa shape index (κ3) is 6.11. The number of nitrogens with one attached hydrogen (secondary N) is 1. The molecule has 0 aliphatic carbocycles. The van der Waals surface area contributed by atoms with E-state index >= 15 is 0 Å². The molecule has 0 unspecified atom stereocenters. The highest BCUT2D eigenvalue weighted by Gasteiger charge is 2.11. The normalized spacial score (nSPS) is 10.8. The highest BCUT2D eigenvalue weighted by molar-refractivity contribution is 5.93. The molecule has 0 saturated heterocycles. The van der Waals surface area contributed by atoms with E-state index in [1.54, 1.807) is 12.1 Å². The number of nitrogens with zero attached hydrogens (tertiary/aromatic N) is 1. The molecule has 0 spiro atoms. The number of aryl methyl sites for hydroxylation is 1. The van der Waals surface area contributed by atoms with Crippen molar-refractivity contribution in [3.63, 3.8) is 0 Å². The summed E-state index contributed by atoms with van der Waals surface area (Å²) in [5.41, 5.74) is 2.00.